The molecule has 1 aromatic heterocycles. The van der Waals surface area contributed by atoms with Crippen molar-refractivity contribution in [2.24, 2.45) is 16.8 Å². The largest absolute Gasteiger partial charge is 0.349 e. The summed E-state index contributed by atoms with van der Waals surface area (Å²) in [5, 5.41) is 12.0. The molecule has 0 bridgehead atoms. The zero-order valence-electron chi connectivity index (χ0n) is 13.7. The van der Waals surface area contributed by atoms with Gasteiger partial charge in [-0.2, -0.15) is 0 Å². The van der Waals surface area contributed by atoms with Crippen LogP contribution in [-0.4, -0.2) is 45.8 Å². The Morgan fingerprint density at radius 2 is 2.00 bits per heavy atom. The Bertz CT molecular complexity index is 516. The number of aliphatic imine (C=N–C) groups is 1. The van der Waals surface area contributed by atoms with Crippen LogP contribution in [0.1, 0.15) is 38.3 Å². The maximum Gasteiger partial charge on any atom is 0.194 e. The van der Waals surface area contributed by atoms with Crippen LogP contribution in [0.25, 0.3) is 0 Å². The molecule has 3 heterocycles. The highest BCUT2D eigenvalue weighted by atomic mass is 127. The minimum absolute atomic E-state index is 0. The van der Waals surface area contributed by atoms with Gasteiger partial charge in [-0.1, -0.05) is 13.8 Å². The van der Waals surface area contributed by atoms with Crippen LogP contribution in [0.2, 0.25) is 0 Å². The van der Waals surface area contributed by atoms with Crippen LogP contribution >= 0.6 is 24.0 Å². The molecule has 0 aromatic carbocycles. The Morgan fingerprint density at radius 3 is 2.68 bits per heavy atom. The highest BCUT2D eigenvalue weighted by Crippen LogP contribution is 2.21. The second kappa shape index (κ2) is 7.61. The van der Waals surface area contributed by atoms with Crippen molar-refractivity contribution in [3.8, 4) is 0 Å². The number of aryl methyl sites for hydroxylation is 1. The molecule has 7 heteroatoms. The summed E-state index contributed by atoms with van der Waals surface area (Å²) < 4.78 is 2.24. The van der Waals surface area contributed by atoms with Crippen molar-refractivity contribution in [1.29, 1.82) is 0 Å². The second-order valence-corrected chi connectivity index (χ2v) is 6.54. The third-order valence-electron chi connectivity index (χ3n) is 4.47. The van der Waals surface area contributed by atoms with Crippen LogP contribution in [-0.2, 0) is 19.5 Å². The number of piperidine rings is 1. The van der Waals surface area contributed by atoms with Crippen LogP contribution in [0.15, 0.2) is 4.99 Å². The Kier molecular flexibility index (Phi) is 6.05. The molecule has 6 nitrogen and oxygen atoms in total. The fourth-order valence-corrected chi connectivity index (χ4v) is 3.67. The number of rotatable bonds is 2. The summed E-state index contributed by atoms with van der Waals surface area (Å²) in [6, 6.07) is 0. The molecule has 2 unspecified atom stereocenters. The lowest BCUT2D eigenvalue weighted by molar-refractivity contribution is 0.208. The van der Waals surface area contributed by atoms with Gasteiger partial charge >= 0.3 is 0 Å². The van der Waals surface area contributed by atoms with E-state index < -0.39 is 0 Å². The highest BCUT2D eigenvalue weighted by molar-refractivity contribution is 14.0. The van der Waals surface area contributed by atoms with Gasteiger partial charge in [0.15, 0.2) is 11.8 Å². The average molecular weight is 418 g/mol. The topological polar surface area (TPSA) is 58.3 Å². The molecule has 2 aliphatic heterocycles. The van der Waals surface area contributed by atoms with Gasteiger partial charge in [0, 0.05) is 33.1 Å². The lowest BCUT2D eigenvalue weighted by Crippen LogP contribution is -2.48. The van der Waals surface area contributed by atoms with Gasteiger partial charge in [0.1, 0.15) is 5.82 Å². The standard InChI is InChI=1S/C15H26N6.HI/c1-11-7-12(2)10-20(9-11)15(16-3)17-8-14-19-18-13-5-4-6-21(13)14;/h11-12H,4-10H2,1-3H3,(H,16,17);1H. The summed E-state index contributed by atoms with van der Waals surface area (Å²) in [7, 11) is 1.86. The Hall–Kier alpha value is -0.860. The van der Waals surface area contributed by atoms with Crippen LogP contribution in [0.4, 0.5) is 0 Å². The minimum Gasteiger partial charge on any atom is -0.349 e. The van der Waals surface area contributed by atoms with E-state index in [2.05, 4.69) is 43.8 Å². The fourth-order valence-electron chi connectivity index (χ4n) is 3.67. The van der Waals surface area contributed by atoms with Gasteiger partial charge in [-0.3, -0.25) is 4.99 Å². The van der Waals surface area contributed by atoms with Gasteiger partial charge < -0.3 is 14.8 Å². The quantitative estimate of drug-likeness (QED) is 0.453. The van der Waals surface area contributed by atoms with Crippen molar-refractivity contribution < 1.29 is 0 Å². The molecule has 1 aromatic rings. The first-order valence-corrected chi connectivity index (χ1v) is 8.04. The maximum atomic E-state index is 4.45. The molecule has 0 aliphatic carbocycles. The Balaban J connectivity index is 0.00000176. The SMILES string of the molecule is CN=C(NCc1nnc2n1CCC2)N1CC(C)CC(C)C1.I. The van der Waals surface area contributed by atoms with Gasteiger partial charge in [0.05, 0.1) is 6.54 Å². The molecule has 1 N–H and O–H groups in total. The van der Waals surface area contributed by atoms with Crippen molar-refractivity contribution in [2.75, 3.05) is 20.1 Å². The molecule has 0 radical (unpaired) electrons. The maximum absolute atomic E-state index is 4.45. The fraction of sp³-hybridized carbons (Fsp3) is 0.800. The number of halogens is 1. The second-order valence-electron chi connectivity index (χ2n) is 6.54. The zero-order chi connectivity index (χ0) is 14.8. The molecule has 0 saturated carbocycles. The number of hydrogen-bond donors (Lipinski definition) is 1. The molecule has 2 atom stereocenters. The van der Waals surface area contributed by atoms with Crippen LogP contribution in [0.3, 0.4) is 0 Å². The monoisotopic (exact) mass is 418 g/mol. The van der Waals surface area contributed by atoms with Crippen LogP contribution < -0.4 is 5.32 Å². The molecule has 124 valence electrons. The van der Waals surface area contributed by atoms with E-state index in [1.165, 1.54) is 12.8 Å². The highest BCUT2D eigenvalue weighted by Gasteiger charge is 2.24. The molecule has 1 saturated heterocycles. The van der Waals surface area contributed by atoms with Crippen LogP contribution in [0.5, 0.6) is 0 Å². The van der Waals surface area contributed by atoms with E-state index in [1.54, 1.807) is 0 Å². The molecular formula is C15H27IN6. The minimum atomic E-state index is 0. The Labute approximate surface area is 149 Å². The van der Waals surface area contributed by atoms with E-state index in [0.717, 1.165) is 55.5 Å². The number of nitrogens with zero attached hydrogens (tertiary/aromatic N) is 5. The molecule has 3 rings (SSSR count). The van der Waals surface area contributed by atoms with Crippen molar-refractivity contribution in [3.05, 3.63) is 11.6 Å². The normalized spacial score (nSPS) is 24.9. The van der Waals surface area contributed by atoms with Gasteiger partial charge in [0.25, 0.3) is 0 Å². The van der Waals surface area contributed by atoms with Gasteiger partial charge in [-0.25, -0.2) is 0 Å². The third-order valence-corrected chi connectivity index (χ3v) is 4.47. The van der Waals surface area contributed by atoms with E-state index in [-0.39, 0.29) is 24.0 Å². The molecule has 1 fully saturated rings. The Morgan fingerprint density at radius 1 is 1.27 bits per heavy atom. The van der Waals surface area contributed by atoms with E-state index >= 15 is 0 Å². The van der Waals surface area contributed by atoms with Crippen molar-refractivity contribution in [3.63, 3.8) is 0 Å². The third kappa shape index (κ3) is 3.72. The molecule has 2 aliphatic rings. The number of likely N-dealkylation sites (tertiary alicyclic amines) is 1. The summed E-state index contributed by atoms with van der Waals surface area (Å²) in [6.45, 7) is 8.57. The zero-order valence-corrected chi connectivity index (χ0v) is 16.1. The summed E-state index contributed by atoms with van der Waals surface area (Å²) >= 11 is 0. The van der Waals surface area contributed by atoms with Gasteiger partial charge in [-0.15, -0.1) is 34.2 Å². The number of fused-ring (bicyclic) bond motifs is 1. The first-order valence-electron chi connectivity index (χ1n) is 8.04. The first-order chi connectivity index (χ1) is 10.2. The summed E-state index contributed by atoms with van der Waals surface area (Å²) in [6.07, 6.45) is 3.56. The number of nitrogens with one attached hydrogen (secondary N) is 1. The van der Waals surface area contributed by atoms with Gasteiger partial charge in [-0.05, 0) is 24.7 Å². The average Bonchev–Trinajstić information content (AvgIpc) is 3.02. The van der Waals surface area contributed by atoms with E-state index in [4.69, 9.17) is 0 Å². The first kappa shape index (κ1) is 17.5. The number of guanidine groups is 1. The summed E-state index contributed by atoms with van der Waals surface area (Å²) in [5.41, 5.74) is 0. The lowest BCUT2D eigenvalue weighted by atomic mass is 9.92. The van der Waals surface area contributed by atoms with E-state index in [9.17, 15) is 0 Å². The van der Waals surface area contributed by atoms with E-state index in [0.29, 0.717) is 6.54 Å². The number of aromatic nitrogens is 3. The van der Waals surface area contributed by atoms with Crippen LogP contribution in [0, 0.1) is 11.8 Å². The summed E-state index contributed by atoms with van der Waals surface area (Å²) in [4.78, 5) is 6.82. The molecule has 22 heavy (non-hydrogen) atoms. The number of hydrogen-bond acceptors (Lipinski definition) is 3. The van der Waals surface area contributed by atoms with Crippen molar-refractivity contribution in [2.45, 2.75) is 46.2 Å². The smallest absolute Gasteiger partial charge is 0.194 e. The molecule has 0 amide bonds. The predicted molar refractivity (Wildman–Crippen MR) is 98.5 cm³/mol. The molecule has 0 spiro atoms. The van der Waals surface area contributed by atoms with E-state index in [1.807, 2.05) is 7.05 Å². The summed E-state index contributed by atoms with van der Waals surface area (Å²) in [5.74, 6) is 4.60. The van der Waals surface area contributed by atoms with Crippen molar-refractivity contribution >= 4 is 29.9 Å². The lowest BCUT2D eigenvalue weighted by Gasteiger charge is -2.37. The van der Waals surface area contributed by atoms with Gasteiger partial charge in [0.2, 0.25) is 0 Å². The molecular weight excluding hydrogens is 391 g/mol. The van der Waals surface area contributed by atoms with Crippen molar-refractivity contribution in [1.82, 2.24) is 25.0 Å². The predicted octanol–water partition coefficient (Wildman–Crippen LogP) is 1.90.